The third-order valence-corrected chi connectivity index (χ3v) is 4.48. The molecule has 3 aromatic rings. The van der Waals surface area contributed by atoms with E-state index in [1.165, 1.54) is 18.3 Å². The van der Waals surface area contributed by atoms with Crippen LogP contribution in [0.1, 0.15) is 20.3 Å². The lowest BCUT2D eigenvalue weighted by Gasteiger charge is -2.06. The second-order valence-electron chi connectivity index (χ2n) is 5.90. The van der Waals surface area contributed by atoms with Crippen molar-refractivity contribution in [2.45, 2.75) is 20.3 Å². The van der Waals surface area contributed by atoms with E-state index in [-0.39, 0.29) is 11.8 Å². The Balaban J connectivity index is 1.70. The van der Waals surface area contributed by atoms with Crippen molar-refractivity contribution in [3.05, 3.63) is 53.9 Å². The Kier molecular flexibility index (Phi) is 5.83. The molecule has 0 radical (unpaired) electrons. The summed E-state index contributed by atoms with van der Waals surface area (Å²) in [6, 6.07) is 15.1. The van der Waals surface area contributed by atoms with Crippen LogP contribution in [0.25, 0.3) is 11.3 Å². The summed E-state index contributed by atoms with van der Waals surface area (Å²) in [6.45, 7) is 3.30. The van der Waals surface area contributed by atoms with Gasteiger partial charge in [0.15, 0.2) is 5.13 Å². The SMILES string of the molecule is CCC(=O)Nc1ccc(-c2csc(Nc3cccc(NC(C)=O)c3)n2)cc1. The minimum Gasteiger partial charge on any atom is -0.331 e. The monoisotopic (exact) mass is 380 g/mol. The average Bonchev–Trinajstić information content (AvgIpc) is 3.10. The molecule has 1 aromatic heterocycles. The van der Waals surface area contributed by atoms with Gasteiger partial charge in [-0.3, -0.25) is 9.59 Å². The highest BCUT2D eigenvalue weighted by Gasteiger charge is 2.07. The first-order chi connectivity index (χ1) is 13.0. The van der Waals surface area contributed by atoms with Crippen LogP contribution in [-0.4, -0.2) is 16.8 Å². The number of aromatic nitrogens is 1. The molecular weight excluding hydrogens is 360 g/mol. The van der Waals surface area contributed by atoms with Gasteiger partial charge in [-0.2, -0.15) is 0 Å². The van der Waals surface area contributed by atoms with Gasteiger partial charge in [-0.05, 0) is 30.3 Å². The topological polar surface area (TPSA) is 83.1 Å². The van der Waals surface area contributed by atoms with Crippen LogP contribution >= 0.6 is 11.3 Å². The average molecular weight is 380 g/mol. The number of rotatable bonds is 6. The number of nitrogens with zero attached hydrogens (tertiary/aromatic N) is 1. The van der Waals surface area contributed by atoms with Gasteiger partial charge < -0.3 is 16.0 Å². The lowest BCUT2D eigenvalue weighted by molar-refractivity contribution is -0.116. The maximum atomic E-state index is 11.4. The van der Waals surface area contributed by atoms with Crippen molar-refractivity contribution in [1.29, 1.82) is 0 Å². The van der Waals surface area contributed by atoms with Crippen molar-refractivity contribution in [2.75, 3.05) is 16.0 Å². The molecule has 0 aliphatic rings. The fraction of sp³-hybridized carbons (Fsp3) is 0.150. The van der Waals surface area contributed by atoms with Gasteiger partial charge in [0.05, 0.1) is 5.69 Å². The molecule has 0 fully saturated rings. The van der Waals surface area contributed by atoms with Crippen molar-refractivity contribution in [2.24, 2.45) is 0 Å². The zero-order valence-electron chi connectivity index (χ0n) is 15.1. The van der Waals surface area contributed by atoms with Gasteiger partial charge >= 0.3 is 0 Å². The third-order valence-electron chi connectivity index (χ3n) is 3.72. The number of anilines is 4. The Labute approximate surface area is 161 Å². The summed E-state index contributed by atoms with van der Waals surface area (Å²) < 4.78 is 0. The Bertz CT molecular complexity index is 951. The number of hydrogen-bond donors (Lipinski definition) is 3. The summed E-state index contributed by atoms with van der Waals surface area (Å²) >= 11 is 1.50. The Hall–Kier alpha value is -3.19. The molecule has 2 amide bonds. The maximum Gasteiger partial charge on any atom is 0.224 e. The number of carbonyl (C=O) groups is 2. The smallest absolute Gasteiger partial charge is 0.224 e. The molecule has 3 rings (SSSR count). The fourth-order valence-electron chi connectivity index (χ4n) is 2.44. The molecule has 0 aliphatic carbocycles. The molecule has 0 saturated heterocycles. The van der Waals surface area contributed by atoms with Crippen LogP contribution in [0.4, 0.5) is 22.2 Å². The molecule has 2 aromatic carbocycles. The van der Waals surface area contributed by atoms with Gasteiger partial charge in [0.25, 0.3) is 0 Å². The molecule has 0 aliphatic heterocycles. The van der Waals surface area contributed by atoms with E-state index >= 15 is 0 Å². The third kappa shape index (κ3) is 5.15. The molecule has 0 bridgehead atoms. The lowest BCUT2D eigenvalue weighted by atomic mass is 10.1. The second kappa shape index (κ2) is 8.46. The minimum atomic E-state index is -0.109. The summed E-state index contributed by atoms with van der Waals surface area (Å²) in [5.41, 5.74) is 4.18. The quantitative estimate of drug-likeness (QED) is 0.570. The number of carbonyl (C=O) groups excluding carboxylic acids is 2. The summed E-state index contributed by atoms with van der Waals surface area (Å²) in [5.74, 6) is -0.119. The van der Waals surface area contributed by atoms with Crippen LogP contribution in [0.2, 0.25) is 0 Å². The summed E-state index contributed by atoms with van der Waals surface area (Å²) in [5, 5.41) is 11.6. The van der Waals surface area contributed by atoms with Crippen molar-refractivity contribution in [1.82, 2.24) is 4.98 Å². The van der Waals surface area contributed by atoms with E-state index < -0.39 is 0 Å². The van der Waals surface area contributed by atoms with Crippen molar-refractivity contribution >= 4 is 45.3 Å². The first kappa shape index (κ1) is 18.6. The van der Waals surface area contributed by atoms with E-state index in [0.29, 0.717) is 6.42 Å². The molecule has 6 nitrogen and oxygen atoms in total. The zero-order valence-corrected chi connectivity index (χ0v) is 15.9. The van der Waals surface area contributed by atoms with Crippen molar-refractivity contribution < 1.29 is 9.59 Å². The van der Waals surface area contributed by atoms with Crippen LogP contribution in [0.3, 0.4) is 0 Å². The largest absolute Gasteiger partial charge is 0.331 e. The van der Waals surface area contributed by atoms with Crippen molar-refractivity contribution in [3.63, 3.8) is 0 Å². The lowest BCUT2D eigenvalue weighted by Crippen LogP contribution is -2.08. The van der Waals surface area contributed by atoms with Gasteiger partial charge in [-0.1, -0.05) is 25.1 Å². The van der Waals surface area contributed by atoms with E-state index in [2.05, 4.69) is 20.9 Å². The molecule has 27 heavy (non-hydrogen) atoms. The van der Waals surface area contributed by atoms with Gasteiger partial charge in [-0.25, -0.2) is 4.98 Å². The maximum absolute atomic E-state index is 11.4. The van der Waals surface area contributed by atoms with Gasteiger partial charge in [-0.15, -0.1) is 11.3 Å². The molecule has 0 spiro atoms. The van der Waals surface area contributed by atoms with Gasteiger partial charge in [0.1, 0.15) is 0 Å². The molecule has 0 saturated carbocycles. The van der Waals surface area contributed by atoms with Crippen LogP contribution in [0.5, 0.6) is 0 Å². The van der Waals surface area contributed by atoms with E-state index in [4.69, 9.17) is 0 Å². The van der Waals surface area contributed by atoms with Crippen molar-refractivity contribution in [3.8, 4) is 11.3 Å². The van der Waals surface area contributed by atoms with E-state index in [9.17, 15) is 9.59 Å². The minimum absolute atomic E-state index is 0.00983. The van der Waals surface area contributed by atoms with Crippen LogP contribution < -0.4 is 16.0 Å². The van der Waals surface area contributed by atoms with Gasteiger partial charge in [0.2, 0.25) is 11.8 Å². The highest BCUT2D eigenvalue weighted by molar-refractivity contribution is 7.14. The van der Waals surface area contributed by atoms with Crippen LogP contribution in [0, 0.1) is 0 Å². The highest BCUT2D eigenvalue weighted by atomic mass is 32.1. The van der Waals surface area contributed by atoms with Crippen LogP contribution in [0.15, 0.2) is 53.9 Å². The first-order valence-corrected chi connectivity index (χ1v) is 9.42. The second-order valence-corrected chi connectivity index (χ2v) is 6.76. The number of nitrogens with one attached hydrogen (secondary N) is 3. The molecule has 3 N–H and O–H groups in total. The molecule has 7 heteroatoms. The fourth-order valence-corrected chi connectivity index (χ4v) is 3.18. The zero-order chi connectivity index (χ0) is 19.2. The highest BCUT2D eigenvalue weighted by Crippen LogP contribution is 2.28. The summed E-state index contributed by atoms with van der Waals surface area (Å²) in [4.78, 5) is 27.2. The Morgan fingerprint density at radius 2 is 1.74 bits per heavy atom. The normalized spacial score (nSPS) is 10.3. The van der Waals surface area contributed by atoms with Crippen LogP contribution in [-0.2, 0) is 9.59 Å². The number of thiazole rings is 1. The molecule has 0 atom stereocenters. The summed E-state index contributed by atoms with van der Waals surface area (Å²) in [7, 11) is 0. The number of amides is 2. The van der Waals surface area contributed by atoms with E-state index in [1.54, 1.807) is 0 Å². The molecule has 0 unspecified atom stereocenters. The van der Waals surface area contributed by atoms with E-state index in [1.807, 2.05) is 60.8 Å². The van der Waals surface area contributed by atoms with Gasteiger partial charge in [0, 0.05) is 41.4 Å². The predicted molar refractivity (Wildman–Crippen MR) is 110 cm³/mol. The number of benzene rings is 2. The summed E-state index contributed by atoms with van der Waals surface area (Å²) in [6.07, 6.45) is 0.450. The standard InChI is InChI=1S/C20H20N4O2S/c1-3-19(26)22-15-9-7-14(8-10-15)18-12-27-20(24-18)23-17-6-4-5-16(11-17)21-13(2)25/h4-12H,3H2,1-2H3,(H,21,25)(H,22,26)(H,23,24). The molecular formula is C20H20N4O2S. The predicted octanol–water partition coefficient (Wildman–Crippen LogP) is 4.86. The Morgan fingerprint density at radius 3 is 2.44 bits per heavy atom. The van der Waals surface area contributed by atoms with E-state index in [0.717, 1.165) is 33.5 Å². The Morgan fingerprint density at radius 1 is 1.00 bits per heavy atom. The first-order valence-electron chi connectivity index (χ1n) is 8.54. The molecule has 1 heterocycles. The number of hydrogen-bond acceptors (Lipinski definition) is 5. The molecule has 138 valence electrons.